The number of rotatable bonds is 5. The predicted octanol–water partition coefficient (Wildman–Crippen LogP) is 2.84. The first-order valence-corrected chi connectivity index (χ1v) is 9.97. The zero-order valence-electron chi connectivity index (χ0n) is 15.5. The highest BCUT2D eigenvalue weighted by atomic mass is 32.1. The fourth-order valence-corrected chi connectivity index (χ4v) is 4.22. The number of carbonyl (C=O) groups excluding carboxylic acids is 1. The molecule has 8 heteroatoms. The van der Waals surface area contributed by atoms with E-state index in [2.05, 4.69) is 20.7 Å². The van der Waals surface area contributed by atoms with Gasteiger partial charge in [0.2, 0.25) is 0 Å². The van der Waals surface area contributed by atoms with Crippen molar-refractivity contribution in [2.45, 2.75) is 32.4 Å². The third-order valence-electron chi connectivity index (χ3n) is 4.94. The summed E-state index contributed by atoms with van der Waals surface area (Å²) in [5.41, 5.74) is 2.67. The van der Waals surface area contributed by atoms with E-state index < -0.39 is 0 Å². The van der Waals surface area contributed by atoms with Gasteiger partial charge in [0.15, 0.2) is 0 Å². The van der Waals surface area contributed by atoms with Crippen molar-refractivity contribution in [2.75, 3.05) is 13.1 Å². The van der Waals surface area contributed by atoms with Gasteiger partial charge in [-0.15, -0.1) is 11.3 Å². The number of aromatic nitrogens is 3. The van der Waals surface area contributed by atoms with E-state index in [0.717, 1.165) is 48.7 Å². The minimum absolute atomic E-state index is 0.0410. The van der Waals surface area contributed by atoms with Crippen LogP contribution >= 0.6 is 11.3 Å². The number of piperidine rings is 1. The molecule has 4 rings (SSSR count). The van der Waals surface area contributed by atoms with E-state index >= 15 is 0 Å². The van der Waals surface area contributed by atoms with Crippen molar-refractivity contribution in [3.05, 3.63) is 46.4 Å². The summed E-state index contributed by atoms with van der Waals surface area (Å²) in [4.78, 5) is 19.4. The van der Waals surface area contributed by atoms with Crippen LogP contribution in [0.5, 0.6) is 0 Å². The Morgan fingerprint density at radius 2 is 2.22 bits per heavy atom. The summed E-state index contributed by atoms with van der Waals surface area (Å²) in [6.07, 6.45) is 7.27. The second-order valence-corrected chi connectivity index (χ2v) is 7.89. The lowest BCUT2D eigenvalue weighted by atomic mass is 10.0. The number of thiazole rings is 1. The van der Waals surface area contributed by atoms with Gasteiger partial charge in [0.1, 0.15) is 10.8 Å². The van der Waals surface area contributed by atoms with Crippen LogP contribution in [0, 0.1) is 6.92 Å². The number of hydrogen-bond acceptors (Lipinski definition) is 6. The SMILES string of the molecule is Cc1occc1C(=O)NC1CCN(Cc2nc(-c3cnn(C)c3)cs2)CC1. The van der Waals surface area contributed by atoms with Crippen LogP contribution in [0.25, 0.3) is 11.3 Å². The Hall–Kier alpha value is -2.45. The van der Waals surface area contributed by atoms with E-state index in [4.69, 9.17) is 9.40 Å². The maximum absolute atomic E-state index is 12.3. The van der Waals surface area contributed by atoms with E-state index in [9.17, 15) is 4.79 Å². The minimum Gasteiger partial charge on any atom is -0.469 e. The number of amides is 1. The fraction of sp³-hybridized carbons (Fsp3) is 0.421. The number of carbonyl (C=O) groups is 1. The molecule has 1 aliphatic rings. The summed E-state index contributed by atoms with van der Waals surface area (Å²) in [5, 5.41) is 10.5. The van der Waals surface area contributed by atoms with Crippen LogP contribution < -0.4 is 5.32 Å². The maximum atomic E-state index is 12.3. The minimum atomic E-state index is -0.0410. The van der Waals surface area contributed by atoms with Crippen LogP contribution in [-0.2, 0) is 13.6 Å². The smallest absolute Gasteiger partial charge is 0.255 e. The number of hydrogen-bond donors (Lipinski definition) is 1. The van der Waals surface area contributed by atoms with E-state index in [1.165, 1.54) is 0 Å². The molecular weight excluding hydrogens is 362 g/mol. The van der Waals surface area contributed by atoms with Gasteiger partial charge >= 0.3 is 0 Å². The third kappa shape index (κ3) is 4.12. The zero-order valence-corrected chi connectivity index (χ0v) is 16.3. The Morgan fingerprint density at radius 1 is 1.41 bits per heavy atom. The molecule has 0 saturated carbocycles. The summed E-state index contributed by atoms with van der Waals surface area (Å²) in [7, 11) is 1.91. The van der Waals surface area contributed by atoms with Gasteiger partial charge < -0.3 is 9.73 Å². The van der Waals surface area contributed by atoms with Crippen LogP contribution in [0.4, 0.5) is 0 Å². The van der Waals surface area contributed by atoms with Crippen LogP contribution in [0.15, 0.2) is 34.5 Å². The Morgan fingerprint density at radius 3 is 2.89 bits per heavy atom. The van der Waals surface area contributed by atoms with Gasteiger partial charge in [-0.2, -0.15) is 5.10 Å². The van der Waals surface area contributed by atoms with Gasteiger partial charge in [-0.25, -0.2) is 4.98 Å². The van der Waals surface area contributed by atoms with Crippen molar-refractivity contribution in [1.29, 1.82) is 0 Å². The molecule has 27 heavy (non-hydrogen) atoms. The number of furan rings is 1. The topological polar surface area (TPSA) is 76.2 Å². The maximum Gasteiger partial charge on any atom is 0.255 e. The first kappa shape index (κ1) is 17.9. The lowest BCUT2D eigenvalue weighted by molar-refractivity contribution is 0.0907. The lowest BCUT2D eigenvalue weighted by Gasteiger charge is -2.31. The van der Waals surface area contributed by atoms with Crippen LogP contribution in [0.2, 0.25) is 0 Å². The molecule has 1 amide bonds. The summed E-state index contributed by atoms with van der Waals surface area (Å²) < 4.78 is 7.00. The number of likely N-dealkylation sites (tertiary alicyclic amines) is 1. The highest BCUT2D eigenvalue weighted by molar-refractivity contribution is 7.09. The van der Waals surface area contributed by atoms with Gasteiger partial charge in [-0.05, 0) is 25.8 Å². The van der Waals surface area contributed by atoms with E-state index in [-0.39, 0.29) is 11.9 Å². The Balaban J connectivity index is 1.28. The van der Waals surface area contributed by atoms with Gasteiger partial charge in [-0.3, -0.25) is 14.4 Å². The molecule has 1 fully saturated rings. The Labute approximate surface area is 162 Å². The zero-order chi connectivity index (χ0) is 18.8. The molecule has 0 atom stereocenters. The molecule has 3 aromatic heterocycles. The highest BCUT2D eigenvalue weighted by Gasteiger charge is 2.23. The molecule has 0 bridgehead atoms. The molecule has 1 N–H and O–H groups in total. The van der Waals surface area contributed by atoms with E-state index in [0.29, 0.717) is 11.3 Å². The number of nitrogens with zero attached hydrogens (tertiary/aromatic N) is 4. The quantitative estimate of drug-likeness (QED) is 0.731. The molecule has 7 nitrogen and oxygen atoms in total. The molecule has 1 saturated heterocycles. The summed E-state index contributed by atoms with van der Waals surface area (Å²) in [6, 6.07) is 1.94. The van der Waals surface area contributed by atoms with Gasteiger partial charge in [-0.1, -0.05) is 0 Å². The van der Waals surface area contributed by atoms with Crippen LogP contribution in [-0.4, -0.2) is 44.7 Å². The highest BCUT2D eigenvalue weighted by Crippen LogP contribution is 2.23. The van der Waals surface area contributed by atoms with Crippen LogP contribution in [0.3, 0.4) is 0 Å². The molecule has 142 valence electrons. The normalized spacial score (nSPS) is 15.9. The number of nitrogens with one attached hydrogen (secondary N) is 1. The molecular formula is C19H23N5O2S. The van der Waals surface area contributed by atoms with Crippen LogP contribution in [0.1, 0.15) is 34.0 Å². The third-order valence-corrected chi connectivity index (χ3v) is 5.77. The predicted molar refractivity (Wildman–Crippen MR) is 104 cm³/mol. The fourth-order valence-electron chi connectivity index (χ4n) is 3.38. The first-order chi connectivity index (χ1) is 13.1. The summed E-state index contributed by atoms with van der Waals surface area (Å²) >= 11 is 1.69. The summed E-state index contributed by atoms with van der Waals surface area (Å²) in [6.45, 7) is 4.58. The largest absolute Gasteiger partial charge is 0.469 e. The van der Waals surface area contributed by atoms with Crippen molar-refractivity contribution < 1.29 is 9.21 Å². The first-order valence-electron chi connectivity index (χ1n) is 9.09. The van der Waals surface area contributed by atoms with Crippen molar-refractivity contribution in [1.82, 2.24) is 25.0 Å². The average molecular weight is 385 g/mol. The second kappa shape index (κ2) is 7.66. The lowest BCUT2D eigenvalue weighted by Crippen LogP contribution is -2.44. The molecule has 0 aliphatic carbocycles. The summed E-state index contributed by atoms with van der Waals surface area (Å²) in [5.74, 6) is 0.624. The number of aryl methyl sites for hydroxylation is 2. The molecule has 3 aromatic rings. The van der Waals surface area contributed by atoms with Crippen molar-refractivity contribution in [3.63, 3.8) is 0 Å². The van der Waals surface area contributed by atoms with Gasteiger partial charge in [0, 0.05) is 43.3 Å². The Bertz CT molecular complexity index is 920. The van der Waals surface area contributed by atoms with Gasteiger partial charge in [0.05, 0.1) is 30.3 Å². The monoisotopic (exact) mass is 385 g/mol. The van der Waals surface area contributed by atoms with Crippen molar-refractivity contribution in [2.24, 2.45) is 7.05 Å². The van der Waals surface area contributed by atoms with E-state index in [1.807, 2.05) is 26.4 Å². The van der Waals surface area contributed by atoms with Gasteiger partial charge in [0.25, 0.3) is 5.91 Å². The molecule has 0 radical (unpaired) electrons. The molecule has 0 unspecified atom stereocenters. The van der Waals surface area contributed by atoms with Crippen molar-refractivity contribution in [3.8, 4) is 11.3 Å². The van der Waals surface area contributed by atoms with Crippen molar-refractivity contribution >= 4 is 17.2 Å². The molecule has 1 aliphatic heterocycles. The molecule has 0 aromatic carbocycles. The molecule has 4 heterocycles. The second-order valence-electron chi connectivity index (χ2n) is 6.94. The Kier molecular flexibility index (Phi) is 5.09. The average Bonchev–Trinajstić information content (AvgIpc) is 3.38. The molecule has 0 spiro atoms. The van der Waals surface area contributed by atoms with E-state index in [1.54, 1.807) is 28.3 Å². The standard InChI is InChI=1S/C19H23N5O2S/c1-13-16(5-8-26-13)19(25)21-15-3-6-24(7-4-15)11-18-22-17(12-27-18)14-9-20-23(2)10-14/h5,8-10,12,15H,3-4,6-7,11H2,1-2H3,(H,21,25).